The molecule has 0 spiro atoms. The first kappa shape index (κ1) is 22.8. The fraction of sp³-hybridized carbons (Fsp3) is 0.611. The molecule has 0 aromatic heterocycles. The van der Waals surface area contributed by atoms with Crippen molar-refractivity contribution in [2.45, 2.75) is 37.8 Å². The highest BCUT2D eigenvalue weighted by Gasteiger charge is 2.18. The molecule has 1 aromatic carbocycles. The van der Waals surface area contributed by atoms with Crippen LogP contribution in [-0.2, 0) is 10.0 Å². The molecule has 1 atom stereocenters. The third-order valence-electron chi connectivity index (χ3n) is 3.68. The van der Waals surface area contributed by atoms with E-state index in [2.05, 4.69) is 34.7 Å². The van der Waals surface area contributed by atoms with Crippen molar-refractivity contribution in [1.82, 2.24) is 14.9 Å². The van der Waals surface area contributed by atoms with Crippen LogP contribution in [0.5, 0.6) is 0 Å². The summed E-state index contributed by atoms with van der Waals surface area (Å²) in [6.45, 7) is 10.6. The molecular formula is C18H32N4O2S2. The Morgan fingerprint density at radius 3 is 2.38 bits per heavy atom. The fourth-order valence-corrected chi connectivity index (χ4v) is 4.71. The first-order valence-corrected chi connectivity index (χ1v) is 11.6. The summed E-state index contributed by atoms with van der Waals surface area (Å²) < 4.78 is 25.9. The molecule has 148 valence electrons. The van der Waals surface area contributed by atoms with E-state index in [1.807, 2.05) is 39.0 Å². The molecule has 0 saturated heterocycles. The van der Waals surface area contributed by atoms with E-state index in [4.69, 9.17) is 0 Å². The van der Waals surface area contributed by atoms with Gasteiger partial charge in [0.25, 0.3) is 0 Å². The van der Waals surface area contributed by atoms with E-state index in [-0.39, 0.29) is 5.75 Å². The van der Waals surface area contributed by atoms with Crippen LogP contribution in [0.4, 0.5) is 0 Å². The second kappa shape index (κ2) is 12.2. The lowest BCUT2D eigenvalue weighted by Crippen LogP contribution is -2.42. The summed E-state index contributed by atoms with van der Waals surface area (Å²) in [6.07, 6.45) is 0. The Balaban J connectivity index is 2.52. The number of thioether (sulfide) groups is 1. The lowest BCUT2D eigenvalue weighted by atomic mass is 10.4. The van der Waals surface area contributed by atoms with Gasteiger partial charge >= 0.3 is 0 Å². The van der Waals surface area contributed by atoms with Crippen molar-refractivity contribution >= 4 is 27.7 Å². The van der Waals surface area contributed by atoms with E-state index in [0.29, 0.717) is 37.4 Å². The summed E-state index contributed by atoms with van der Waals surface area (Å²) in [6, 6.07) is 10.2. The van der Waals surface area contributed by atoms with Gasteiger partial charge in [-0.1, -0.05) is 39.0 Å². The Morgan fingerprint density at radius 1 is 1.15 bits per heavy atom. The average molecular weight is 401 g/mol. The minimum absolute atomic E-state index is 0.0629. The van der Waals surface area contributed by atoms with Crippen molar-refractivity contribution < 1.29 is 8.42 Å². The molecule has 0 aliphatic carbocycles. The molecule has 6 nitrogen and oxygen atoms in total. The average Bonchev–Trinajstić information content (AvgIpc) is 2.61. The van der Waals surface area contributed by atoms with Crippen LogP contribution in [0, 0.1) is 0 Å². The van der Waals surface area contributed by atoms with Crippen LogP contribution in [0.3, 0.4) is 0 Å². The summed E-state index contributed by atoms with van der Waals surface area (Å²) in [5.74, 6) is 0.718. The van der Waals surface area contributed by atoms with E-state index in [9.17, 15) is 8.42 Å². The normalized spacial score (nSPS) is 13.7. The van der Waals surface area contributed by atoms with Crippen LogP contribution >= 0.6 is 11.8 Å². The van der Waals surface area contributed by atoms with E-state index < -0.39 is 10.0 Å². The van der Waals surface area contributed by atoms with Crippen molar-refractivity contribution in [3.05, 3.63) is 30.3 Å². The molecule has 0 heterocycles. The molecular weight excluding hydrogens is 368 g/mol. The van der Waals surface area contributed by atoms with Crippen LogP contribution < -0.4 is 10.6 Å². The second-order valence-corrected chi connectivity index (χ2v) is 9.39. The molecule has 0 radical (unpaired) electrons. The summed E-state index contributed by atoms with van der Waals surface area (Å²) in [7, 11) is -3.22. The number of benzene rings is 1. The molecule has 1 aromatic rings. The molecule has 0 fully saturated rings. The summed E-state index contributed by atoms with van der Waals surface area (Å²) in [5, 5.41) is 6.62. The van der Waals surface area contributed by atoms with Gasteiger partial charge in [0.2, 0.25) is 10.0 Å². The Hall–Kier alpha value is -1.25. The van der Waals surface area contributed by atoms with Gasteiger partial charge in [-0.25, -0.2) is 12.7 Å². The Bertz CT molecular complexity index is 632. The van der Waals surface area contributed by atoms with E-state index in [1.54, 1.807) is 11.8 Å². The molecule has 0 bridgehead atoms. The van der Waals surface area contributed by atoms with Crippen molar-refractivity contribution in [3.8, 4) is 0 Å². The molecule has 1 unspecified atom stereocenters. The highest BCUT2D eigenvalue weighted by atomic mass is 32.2. The summed E-state index contributed by atoms with van der Waals surface area (Å²) >= 11 is 1.78. The van der Waals surface area contributed by atoms with Gasteiger partial charge in [0.15, 0.2) is 5.96 Å². The first-order chi connectivity index (χ1) is 12.4. The molecule has 0 saturated carbocycles. The van der Waals surface area contributed by atoms with Gasteiger partial charge < -0.3 is 10.6 Å². The molecule has 8 heteroatoms. The quantitative estimate of drug-likeness (QED) is 0.339. The predicted octanol–water partition coefficient (Wildman–Crippen LogP) is 2.39. The Morgan fingerprint density at radius 2 is 1.81 bits per heavy atom. The maximum atomic E-state index is 12.2. The van der Waals surface area contributed by atoms with E-state index >= 15 is 0 Å². The van der Waals surface area contributed by atoms with E-state index in [1.165, 1.54) is 9.20 Å². The van der Waals surface area contributed by atoms with Crippen molar-refractivity contribution in [3.63, 3.8) is 0 Å². The highest BCUT2D eigenvalue weighted by molar-refractivity contribution is 8.00. The largest absolute Gasteiger partial charge is 0.357 e. The molecule has 1 rings (SSSR count). The van der Waals surface area contributed by atoms with Gasteiger partial charge in [-0.05, 0) is 19.1 Å². The monoisotopic (exact) mass is 400 g/mol. The zero-order valence-electron chi connectivity index (χ0n) is 16.2. The third-order valence-corrected chi connectivity index (χ3v) is 6.80. The standard InChI is InChI=1S/C18H32N4O2S2/c1-5-19-18(20-13-14-26(23,24)22(6-2)7-3)21-15-16(4)25-17-11-9-8-10-12-17/h8-12,16H,5-7,13-15H2,1-4H3,(H2,19,20,21). The van der Waals surface area contributed by atoms with Gasteiger partial charge in [0.05, 0.1) is 12.3 Å². The van der Waals surface area contributed by atoms with Crippen LogP contribution in [0.1, 0.15) is 27.7 Å². The van der Waals surface area contributed by atoms with Crippen molar-refractivity contribution in [2.75, 3.05) is 38.5 Å². The Labute approximate surface area is 162 Å². The zero-order valence-corrected chi connectivity index (χ0v) is 17.9. The van der Waals surface area contributed by atoms with Crippen molar-refractivity contribution in [1.29, 1.82) is 0 Å². The van der Waals surface area contributed by atoms with Gasteiger partial charge in [-0.3, -0.25) is 4.99 Å². The first-order valence-electron chi connectivity index (χ1n) is 9.14. The number of nitrogens with one attached hydrogen (secondary N) is 2. The van der Waals surface area contributed by atoms with Gasteiger partial charge in [0.1, 0.15) is 0 Å². The lowest BCUT2D eigenvalue weighted by molar-refractivity contribution is 0.445. The van der Waals surface area contributed by atoms with Crippen LogP contribution in [0.2, 0.25) is 0 Å². The molecule has 2 N–H and O–H groups in total. The summed E-state index contributed by atoms with van der Waals surface area (Å²) in [5.41, 5.74) is 0. The topological polar surface area (TPSA) is 73.8 Å². The molecule has 0 amide bonds. The number of guanidine groups is 1. The number of rotatable bonds is 11. The molecule has 26 heavy (non-hydrogen) atoms. The fourth-order valence-electron chi connectivity index (χ4n) is 2.37. The third kappa shape index (κ3) is 8.42. The predicted molar refractivity (Wildman–Crippen MR) is 112 cm³/mol. The summed E-state index contributed by atoms with van der Waals surface area (Å²) in [4.78, 5) is 5.80. The minimum Gasteiger partial charge on any atom is -0.357 e. The van der Waals surface area contributed by atoms with E-state index in [0.717, 1.165) is 6.54 Å². The smallest absolute Gasteiger partial charge is 0.215 e. The number of sulfonamides is 1. The minimum atomic E-state index is -3.22. The highest BCUT2D eigenvalue weighted by Crippen LogP contribution is 2.22. The number of hydrogen-bond acceptors (Lipinski definition) is 4. The second-order valence-electron chi connectivity index (χ2n) is 5.79. The van der Waals surface area contributed by atoms with Gasteiger partial charge in [0, 0.05) is 36.3 Å². The SMILES string of the molecule is CCNC(=NCC(C)Sc1ccccc1)NCCS(=O)(=O)N(CC)CC. The van der Waals surface area contributed by atoms with Gasteiger partial charge in [-0.2, -0.15) is 0 Å². The number of aliphatic imine (C=N–C) groups is 1. The maximum absolute atomic E-state index is 12.2. The number of hydrogen-bond donors (Lipinski definition) is 2. The Kier molecular flexibility index (Phi) is 10.7. The van der Waals surface area contributed by atoms with Crippen LogP contribution in [0.15, 0.2) is 40.2 Å². The molecule has 0 aliphatic heterocycles. The van der Waals surface area contributed by atoms with Crippen LogP contribution in [-0.4, -0.2) is 62.4 Å². The van der Waals surface area contributed by atoms with Crippen LogP contribution in [0.25, 0.3) is 0 Å². The number of nitrogens with zero attached hydrogens (tertiary/aromatic N) is 2. The molecule has 0 aliphatic rings. The lowest BCUT2D eigenvalue weighted by Gasteiger charge is -2.19. The maximum Gasteiger partial charge on any atom is 0.215 e. The van der Waals surface area contributed by atoms with Crippen molar-refractivity contribution in [2.24, 2.45) is 4.99 Å². The van der Waals surface area contributed by atoms with Gasteiger partial charge in [-0.15, -0.1) is 11.8 Å². The zero-order chi connectivity index (χ0) is 19.4.